The van der Waals surface area contributed by atoms with Gasteiger partial charge in [0.2, 0.25) is 0 Å². The summed E-state index contributed by atoms with van der Waals surface area (Å²) in [5.41, 5.74) is 0.975. The van der Waals surface area contributed by atoms with Crippen LogP contribution in [0.1, 0.15) is 38.2 Å². The Kier molecular flexibility index (Phi) is 5.30. The molecule has 20 heavy (non-hydrogen) atoms. The van der Waals surface area contributed by atoms with Gasteiger partial charge in [-0.25, -0.2) is 0 Å². The van der Waals surface area contributed by atoms with Gasteiger partial charge in [0.15, 0.2) is 0 Å². The van der Waals surface area contributed by atoms with E-state index in [1.165, 1.54) is 0 Å². The largest absolute Gasteiger partial charge is 0.461 e. The summed E-state index contributed by atoms with van der Waals surface area (Å²) in [5, 5.41) is 0. The Hall–Kier alpha value is -1.68. The van der Waals surface area contributed by atoms with Crippen LogP contribution in [0.15, 0.2) is 30.3 Å². The maximum absolute atomic E-state index is 11.7. The molecule has 1 aromatic rings. The van der Waals surface area contributed by atoms with E-state index in [0.29, 0.717) is 13.0 Å². The van der Waals surface area contributed by atoms with Gasteiger partial charge in [0, 0.05) is 6.42 Å². The van der Waals surface area contributed by atoms with Gasteiger partial charge in [-0.1, -0.05) is 30.3 Å². The van der Waals surface area contributed by atoms with Gasteiger partial charge in [-0.2, -0.15) is 0 Å². The molecule has 0 N–H and O–H groups in total. The van der Waals surface area contributed by atoms with Crippen LogP contribution in [-0.4, -0.2) is 24.0 Å². The average molecular weight is 276 g/mol. The molecule has 1 aliphatic rings. The lowest BCUT2D eigenvalue weighted by Crippen LogP contribution is -2.18. The van der Waals surface area contributed by atoms with Crippen molar-refractivity contribution in [2.75, 3.05) is 0 Å². The lowest BCUT2D eigenvalue weighted by Gasteiger charge is -2.12. The fraction of sp³-hybridized carbons (Fsp3) is 0.500. The van der Waals surface area contributed by atoms with E-state index in [1.54, 1.807) is 6.92 Å². The minimum atomic E-state index is -0.248. The van der Waals surface area contributed by atoms with Crippen LogP contribution in [-0.2, 0) is 25.7 Å². The van der Waals surface area contributed by atoms with E-state index in [4.69, 9.17) is 9.47 Å². The number of hydrogen-bond acceptors (Lipinski definition) is 4. The zero-order chi connectivity index (χ0) is 14.4. The quantitative estimate of drug-likeness (QED) is 0.749. The molecule has 1 heterocycles. The van der Waals surface area contributed by atoms with Crippen LogP contribution < -0.4 is 0 Å². The standard InChI is InChI=1S/C16H20O4/c1-12(17)9-14-7-8-15(20-14)10-16(18)19-11-13-5-3-2-4-6-13/h2-6,14-15H,7-11H2,1H3/t14?,15-/m0/s1. The number of ether oxygens (including phenoxy) is 2. The van der Waals surface area contributed by atoms with E-state index >= 15 is 0 Å². The SMILES string of the molecule is CC(=O)CC1CC[C@@H](CC(=O)OCc2ccccc2)O1. The van der Waals surface area contributed by atoms with Crippen molar-refractivity contribution >= 4 is 11.8 Å². The highest BCUT2D eigenvalue weighted by atomic mass is 16.5. The van der Waals surface area contributed by atoms with Gasteiger partial charge in [-0.15, -0.1) is 0 Å². The number of ketones is 1. The molecule has 1 saturated heterocycles. The zero-order valence-electron chi connectivity index (χ0n) is 11.7. The van der Waals surface area contributed by atoms with Gasteiger partial charge in [0.05, 0.1) is 18.6 Å². The molecule has 0 bridgehead atoms. The maximum Gasteiger partial charge on any atom is 0.308 e. The van der Waals surface area contributed by atoms with Gasteiger partial charge in [0.1, 0.15) is 12.4 Å². The van der Waals surface area contributed by atoms with Crippen LogP contribution in [0.5, 0.6) is 0 Å². The molecule has 1 fully saturated rings. The van der Waals surface area contributed by atoms with Crippen LogP contribution in [0, 0.1) is 0 Å². The summed E-state index contributed by atoms with van der Waals surface area (Å²) in [6.07, 6.45) is 2.23. The molecule has 4 heteroatoms. The Balaban J connectivity index is 1.69. The number of hydrogen-bond donors (Lipinski definition) is 0. The molecule has 0 amide bonds. The predicted molar refractivity (Wildman–Crippen MR) is 74.0 cm³/mol. The molecule has 2 atom stereocenters. The molecule has 4 nitrogen and oxygen atoms in total. The number of carbonyl (C=O) groups is 2. The average Bonchev–Trinajstić information content (AvgIpc) is 2.84. The first-order valence-corrected chi connectivity index (χ1v) is 6.98. The Labute approximate surface area is 119 Å². The summed E-state index contributed by atoms with van der Waals surface area (Å²) in [5.74, 6) is -0.121. The molecule has 1 aromatic carbocycles. The molecule has 108 valence electrons. The minimum Gasteiger partial charge on any atom is -0.461 e. The van der Waals surface area contributed by atoms with Crippen molar-refractivity contribution in [1.82, 2.24) is 0 Å². The normalized spacial score (nSPS) is 21.6. The lowest BCUT2D eigenvalue weighted by atomic mass is 10.1. The number of benzene rings is 1. The number of carbonyl (C=O) groups excluding carboxylic acids is 2. The summed E-state index contributed by atoms with van der Waals surface area (Å²) in [7, 11) is 0. The van der Waals surface area contributed by atoms with Crippen LogP contribution in [0.4, 0.5) is 0 Å². The van der Waals surface area contributed by atoms with Crippen molar-refractivity contribution in [3.8, 4) is 0 Å². The molecule has 0 saturated carbocycles. The minimum absolute atomic E-state index is 0.0283. The van der Waals surface area contributed by atoms with Crippen LogP contribution in [0.2, 0.25) is 0 Å². The molecule has 1 unspecified atom stereocenters. The van der Waals surface area contributed by atoms with Crippen molar-refractivity contribution in [2.24, 2.45) is 0 Å². The second-order valence-electron chi connectivity index (χ2n) is 5.21. The molecule has 1 aliphatic heterocycles. The van der Waals surface area contributed by atoms with Gasteiger partial charge in [0.25, 0.3) is 0 Å². The Bertz CT molecular complexity index is 455. The van der Waals surface area contributed by atoms with Crippen LogP contribution in [0.3, 0.4) is 0 Å². The highest BCUT2D eigenvalue weighted by Gasteiger charge is 2.28. The Morgan fingerprint density at radius 3 is 2.45 bits per heavy atom. The monoisotopic (exact) mass is 276 g/mol. The smallest absolute Gasteiger partial charge is 0.308 e. The Morgan fingerprint density at radius 1 is 1.15 bits per heavy atom. The van der Waals surface area contributed by atoms with Crippen LogP contribution in [0.25, 0.3) is 0 Å². The summed E-state index contributed by atoms with van der Waals surface area (Å²) in [4.78, 5) is 22.7. The first-order chi connectivity index (χ1) is 9.63. The van der Waals surface area contributed by atoms with Gasteiger partial charge in [-0.3, -0.25) is 9.59 Å². The summed E-state index contributed by atoms with van der Waals surface area (Å²) >= 11 is 0. The van der Waals surface area contributed by atoms with Crippen LogP contribution >= 0.6 is 0 Å². The highest BCUT2D eigenvalue weighted by Crippen LogP contribution is 2.24. The zero-order valence-corrected chi connectivity index (χ0v) is 11.7. The van der Waals surface area contributed by atoms with E-state index in [2.05, 4.69) is 0 Å². The second-order valence-corrected chi connectivity index (χ2v) is 5.21. The fourth-order valence-corrected chi connectivity index (χ4v) is 2.38. The topological polar surface area (TPSA) is 52.6 Å². The first-order valence-electron chi connectivity index (χ1n) is 6.98. The Morgan fingerprint density at radius 2 is 1.80 bits per heavy atom. The fourth-order valence-electron chi connectivity index (χ4n) is 2.38. The predicted octanol–water partition coefficient (Wildman–Crippen LogP) is 2.65. The number of rotatable bonds is 6. The third-order valence-corrected chi connectivity index (χ3v) is 3.35. The summed E-state index contributed by atoms with van der Waals surface area (Å²) < 4.78 is 10.9. The summed E-state index contributed by atoms with van der Waals surface area (Å²) in [6, 6.07) is 9.59. The molecule has 0 radical (unpaired) electrons. The first kappa shape index (κ1) is 14.7. The molecule has 0 spiro atoms. The molecule has 2 rings (SSSR count). The maximum atomic E-state index is 11.7. The van der Waals surface area contributed by atoms with E-state index in [-0.39, 0.29) is 30.4 Å². The second kappa shape index (κ2) is 7.20. The molecule has 0 aliphatic carbocycles. The molecule has 0 aromatic heterocycles. The van der Waals surface area contributed by atoms with E-state index in [9.17, 15) is 9.59 Å². The molecular formula is C16H20O4. The third-order valence-electron chi connectivity index (χ3n) is 3.35. The lowest BCUT2D eigenvalue weighted by molar-refractivity contribution is -0.148. The van der Waals surface area contributed by atoms with Gasteiger partial charge in [-0.05, 0) is 25.3 Å². The number of Topliss-reactive ketones (excluding diaryl/α,β-unsaturated/α-hetero) is 1. The van der Waals surface area contributed by atoms with Crippen molar-refractivity contribution in [1.29, 1.82) is 0 Å². The van der Waals surface area contributed by atoms with Crippen molar-refractivity contribution in [2.45, 2.75) is 51.4 Å². The van der Waals surface area contributed by atoms with E-state index in [0.717, 1.165) is 18.4 Å². The van der Waals surface area contributed by atoms with E-state index in [1.807, 2.05) is 30.3 Å². The van der Waals surface area contributed by atoms with Crippen molar-refractivity contribution in [3.63, 3.8) is 0 Å². The van der Waals surface area contributed by atoms with Crippen molar-refractivity contribution < 1.29 is 19.1 Å². The van der Waals surface area contributed by atoms with Crippen molar-refractivity contribution in [3.05, 3.63) is 35.9 Å². The highest BCUT2D eigenvalue weighted by molar-refractivity contribution is 5.76. The summed E-state index contributed by atoms with van der Waals surface area (Å²) in [6.45, 7) is 1.86. The van der Waals surface area contributed by atoms with Gasteiger partial charge >= 0.3 is 5.97 Å². The third kappa shape index (κ3) is 4.78. The number of esters is 1. The van der Waals surface area contributed by atoms with E-state index < -0.39 is 0 Å². The molecular weight excluding hydrogens is 256 g/mol. The van der Waals surface area contributed by atoms with Gasteiger partial charge < -0.3 is 9.47 Å².